The Labute approximate surface area is 136 Å². The molecular weight excluding hydrogens is 302 g/mol. The first kappa shape index (κ1) is 18.2. The fourth-order valence-corrected chi connectivity index (χ4v) is 2.46. The van der Waals surface area contributed by atoms with E-state index in [2.05, 4.69) is 17.2 Å². The van der Waals surface area contributed by atoms with Crippen molar-refractivity contribution in [2.75, 3.05) is 11.9 Å². The Morgan fingerprint density at radius 3 is 2.36 bits per heavy atom. The Morgan fingerprint density at radius 1 is 1.23 bits per heavy atom. The van der Waals surface area contributed by atoms with Gasteiger partial charge < -0.3 is 16.4 Å². The molecule has 1 aliphatic rings. The van der Waals surface area contributed by atoms with Crippen LogP contribution in [0.25, 0.3) is 0 Å². The summed E-state index contributed by atoms with van der Waals surface area (Å²) in [5, 5.41) is 5.52. The quantitative estimate of drug-likeness (QED) is 0.726. The van der Waals surface area contributed by atoms with Crippen molar-refractivity contribution in [3.05, 3.63) is 42.5 Å². The van der Waals surface area contributed by atoms with Gasteiger partial charge in [-0.25, -0.2) is 0 Å². The molecule has 0 radical (unpaired) electrons. The van der Waals surface area contributed by atoms with Gasteiger partial charge in [-0.1, -0.05) is 18.9 Å². The van der Waals surface area contributed by atoms with Gasteiger partial charge in [0, 0.05) is 17.8 Å². The minimum Gasteiger partial charge on any atom is -0.349 e. The third-order valence-corrected chi connectivity index (χ3v) is 3.76. The van der Waals surface area contributed by atoms with Crippen LogP contribution in [0.5, 0.6) is 0 Å². The highest BCUT2D eigenvalue weighted by Gasteiger charge is 2.36. The summed E-state index contributed by atoms with van der Waals surface area (Å²) < 4.78 is 0. The molecule has 0 bridgehead atoms. The molecule has 1 aliphatic carbocycles. The first-order chi connectivity index (χ1) is 10.0. The van der Waals surface area contributed by atoms with Gasteiger partial charge in [0.25, 0.3) is 5.91 Å². The standard InChI is InChI=1S/C16H21N3O2.ClH/c1-2-11-18-14(20)12-5-7-13(8-6-12)19-15(21)16(17)9-3-4-10-16;/h2,5-8H,1,3-4,9-11,17H2,(H,18,20)(H,19,21);1H. The number of amides is 2. The smallest absolute Gasteiger partial charge is 0.251 e. The molecule has 0 unspecified atom stereocenters. The van der Waals surface area contributed by atoms with Gasteiger partial charge in [0.2, 0.25) is 5.91 Å². The topological polar surface area (TPSA) is 84.2 Å². The van der Waals surface area contributed by atoms with Crippen LogP contribution in [0.4, 0.5) is 5.69 Å². The van der Waals surface area contributed by atoms with Crippen molar-refractivity contribution >= 4 is 29.9 Å². The van der Waals surface area contributed by atoms with E-state index in [1.54, 1.807) is 30.3 Å². The van der Waals surface area contributed by atoms with Gasteiger partial charge in [0.05, 0.1) is 5.54 Å². The maximum absolute atomic E-state index is 12.2. The third kappa shape index (κ3) is 4.32. The summed E-state index contributed by atoms with van der Waals surface area (Å²) in [5.41, 5.74) is 6.54. The second-order valence-corrected chi connectivity index (χ2v) is 5.39. The maximum atomic E-state index is 12.2. The summed E-state index contributed by atoms with van der Waals surface area (Å²) in [4.78, 5) is 23.9. The lowest BCUT2D eigenvalue weighted by molar-refractivity contribution is -0.121. The number of carbonyl (C=O) groups excluding carboxylic acids is 2. The Hall–Kier alpha value is -1.85. The fourth-order valence-electron chi connectivity index (χ4n) is 2.46. The van der Waals surface area contributed by atoms with E-state index in [9.17, 15) is 9.59 Å². The van der Waals surface area contributed by atoms with Crippen LogP contribution in [-0.2, 0) is 4.79 Å². The SMILES string of the molecule is C=CCNC(=O)c1ccc(NC(=O)C2(N)CCCC2)cc1.Cl. The van der Waals surface area contributed by atoms with Gasteiger partial charge in [-0.05, 0) is 37.1 Å². The number of nitrogens with two attached hydrogens (primary N) is 1. The highest BCUT2D eigenvalue weighted by Crippen LogP contribution is 2.28. The zero-order chi connectivity index (χ0) is 15.3. The molecule has 120 valence electrons. The normalized spacial score (nSPS) is 15.5. The summed E-state index contributed by atoms with van der Waals surface area (Å²) in [5.74, 6) is -0.317. The predicted molar refractivity (Wildman–Crippen MR) is 90.2 cm³/mol. The number of nitrogens with one attached hydrogen (secondary N) is 2. The molecule has 1 aromatic rings. The van der Waals surface area contributed by atoms with Crippen LogP contribution in [0.1, 0.15) is 36.0 Å². The number of benzene rings is 1. The molecule has 1 saturated carbocycles. The van der Waals surface area contributed by atoms with Gasteiger partial charge >= 0.3 is 0 Å². The Bertz CT molecular complexity index is 537. The van der Waals surface area contributed by atoms with Crippen molar-refractivity contribution in [1.29, 1.82) is 0 Å². The molecule has 6 heteroatoms. The lowest BCUT2D eigenvalue weighted by atomic mass is 9.98. The van der Waals surface area contributed by atoms with Crippen molar-refractivity contribution in [3.8, 4) is 0 Å². The molecule has 0 saturated heterocycles. The monoisotopic (exact) mass is 323 g/mol. The Balaban J connectivity index is 0.00000242. The van der Waals surface area contributed by atoms with Crippen LogP contribution in [0, 0.1) is 0 Å². The van der Waals surface area contributed by atoms with E-state index in [0.717, 1.165) is 25.7 Å². The highest BCUT2D eigenvalue weighted by molar-refractivity contribution is 5.99. The number of carbonyl (C=O) groups is 2. The molecule has 0 aliphatic heterocycles. The molecule has 0 heterocycles. The zero-order valence-corrected chi connectivity index (χ0v) is 13.2. The van der Waals surface area contributed by atoms with E-state index in [-0.39, 0.29) is 24.2 Å². The highest BCUT2D eigenvalue weighted by atomic mass is 35.5. The lowest BCUT2D eigenvalue weighted by Gasteiger charge is -2.22. The molecule has 22 heavy (non-hydrogen) atoms. The van der Waals surface area contributed by atoms with Crippen molar-refractivity contribution in [2.24, 2.45) is 5.73 Å². The first-order valence-electron chi connectivity index (χ1n) is 7.15. The van der Waals surface area contributed by atoms with Crippen molar-refractivity contribution < 1.29 is 9.59 Å². The Morgan fingerprint density at radius 2 is 1.82 bits per heavy atom. The van der Waals surface area contributed by atoms with E-state index in [0.29, 0.717) is 17.8 Å². The van der Waals surface area contributed by atoms with Crippen LogP contribution >= 0.6 is 12.4 Å². The molecule has 2 amide bonds. The van der Waals surface area contributed by atoms with E-state index < -0.39 is 5.54 Å². The van der Waals surface area contributed by atoms with Crippen molar-refractivity contribution in [1.82, 2.24) is 5.32 Å². The number of halogens is 1. The van der Waals surface area contributed by atoms with E-state index in [1.165, 1.54) is 0 Å². The Kier molecular flexibility index (Phi) is 6.59. The average Bonchev–Trinajstić information content (AvgIpc) is 2.94. The summed E-state index contributed by atoms with van der Waals surface area (Å²) in [6, 6.07) is 6.76. The summed E-state index contributed by atoms with van der Waals surface area (Å²) in [7, 11) is 0. The van der Waals surface area contributed by atoms with Crippen molar-refractivity contribution in [2.45, 2.75) is 31.2 Å². The van der Waals surface area contributed by atoms with Crippen LogP contribution in [0.2, 0.25) is 0 Å². The van der Waals surface area contributed by atoms with E-state index >= 15 is 0 Å². The summed E-state index contributed by atoms with van der Waals surface area (Å²) in [6.07, 6.45) is 5.05. The number of hydrogen-bond donors (Lipinski definition) is 3. The second-order valence-electron chi connectivity index (χ2n) is 5.39. The average molecular weight is 324 g/mol. The van der Waals surface area contributed by atoms with Crippen LogP contribution < -0.4 is 16.4 Å². The molecule has 4 N–H and O–H groups in total. The van der Waals surface area contributed by atoms with Crippen molar-refractivity contribution in [3.63, 3.8) is 0 Å². The van der Waals surface area contributed by atoms with E-state index in [1.807, 2.05) is 0 Å². The summed E-state index contributed by atoms with van der Waals surface area (Å²) in [6.45, 7) is 3.97. The van der Waals surface area contributed by atoms with Gasteiger partial charge in [0.1, 0.15) is 0 Å². The molecule has 5 nitrogen and oxygen atoms in total. The molecule has 0 spiro atoms. The molecule has 1 fully saturated rings. The van der Waals surface area contributed by atoms with Gasteiger partial charge in [-0.2, -0.15) is 0 Å². The summed E-state index contributed by atoms with van der Waals surface area (Å²) >= 11 is 0. The minimum atomic E-state index is -0.750. The molecular formula is C16H22ClN3O2. The van der Waals surface area contributed by atoms with Gasteiger partial charge in [-0.15, -0.1) is 19.0 Å². The fraction of sp³-hybridized carbons (Fsp3) is 0.375. The largest absolute Gasteiger partial charge is 0.349 e. The zero-order valence-electron chi connectivity index (χ0n) is 12.4. The predicted octanol–water partition coefficient (Wildman–Crippen LogP) is 2.23. The minimum absolute atomic E-state index is 0. The molecule has 0 aromatic heterocycles. The van der Waals surface area contributed by atoms with Crippen LogP contribution in [0.15, 0.2) is 36.9 Å². The number of anilines is 1. The lowest BCUT2D eigenvalue weighted by Crippen LogP contribution is -2.48. The third-order valence-electron chi connectivity index (χ3n) is 3.76. The van der Waals surface area contributed by atoms with Gasteiger partial charge in [0.15, 0.2) is 0 Å². The van der Waals surface area contributed by atoms with Crippen LogP contribution in [0.3, 0.4) is 0 Å². The number of hydrogen-bond acceptors (Lipinski definition) is 3. The second kappa shape index (κ2) is 7.96. The van der Waals surface area contributed by atoms with E-state index in [4.69, 9.17) is 5.73 Å². The van der Waals surface area contributed by atoms with Gasteiger partial charge in [-0.3, -0.25) is 9.59 Å². The maximum Gasteiger partial charge on any atom is 0.251 e. The molecule has 0 atom stereocenters. The van der Waals surface area contributed by atoms with Crippen LogP contribution in [-0.4, -0.2) is 23.9 Å². The molecule has 1 aromatic carbocycles. The number of rotatable bonds is 5. The molecule has 2 rings (SSSR count). The first-order valence-corrected chi connectivity index (χ1v) is 7.15.